The van der Waals surface area contributed by atoms with Gasteiger partial charge >= 0.3 is 0 Å². The summed E-state index contributed by atoms with van der Waals surface area (Å²) in [7, 11) is 0. The van der Waals surface area contributed by atoms with Crippen molar-refractivity contribution in [3.05, 3.63) is 131 Å². The Balaban J connectivity index is 1.52. The maximum Gasteiger partial charge on any atom is 0.255 e. The number of nitrogens with one attached hydrogen (secondary N) is 1. The molecule has 0 aliphatic rings. The van der Waals surface area contributed by atoms with E-state index in [-0.39, 0.29) is 11.5 Å². The highest BCUT2D eigenvalue weighted by molar-refractivity contribution is 6.04. The van der Waals surface area contributed by atoms with Crippen molar-refractivity contribution >= 4 is 44.3 Å². The molecule has 6 nitrogen and oxygen atoms in total. The lowest BCUT2D eigenvalue weighted by atomic mass is 10.0. The van der Waals surface area contributed by atoms with Gasteiger partial charge in [-0.1, -0.05) is 30.8 Å². The second-order valence-electron chi connectivity index (χ2n) is 9.32. The molecular weight excluding hydrogens is 472 g/mol. The molecule has 6 aromatic rings. The van der Waals surface area contributed by atoms with Crippen molar-refractivity contribution in [2.24, 2.45) is 0 Å². The fourth-order valence-electron chi connectivity index (χ4n) is 4.86. The van der Waals surface area contributed by atoms with Crippen molar-refractivity contribution in [2.75, 3.05) is 5.32 Å². The minimum absolute atomic E-state index is 0.165. The lowest BCUT2D eigenvalue weighted by Gasteiger charge is -2.15. The van der Waals surface area contributed by atoms with E-state index in [2.05, 4.69) is 52.2 Å². The lowest BCUT2D eigenvalue weighted by molar-refractivity contribution is -0.111. The molecule has 0 unspecified atom stereocenters. The van der Waals surface area contributed by atoms with E-state index in [9.17, 15) is 9.59 Å². The third kappa shape index (κ3) is 4.22. The van der Waals surface area contributed by atoms with E-state index in [1.807, 2.05) is 43.3 Å². The van der Waals surface area contributed by atoms with Crippen LogP contribution in [0.2, 0.25) is 0 Å². The van der Waals surface area contributed by atoms with E-state index in [1.54, 1.807) is 29.1 Å². The number of hydrogen-bond donors (Lipinski definition) is 1. The number of rotatable bonds is 5. The van der Waals surface area contributed by atoms with Gasteiger partial charge in [0.05, 0.1) is 22.2 Å². The predicted octanol–water partition coefficient (Wildman–Crippen LogP) is 6.11. The standard InChI is InChI=1S/C32H24N4O2/c1-3-30(37)35-29-18-25(10-6-20(29)2)36-31(38)13-9-24-19-34-28-12-8-22(17-26(28)32(24)36)15-21-7-11-27-23(16-21)5-4-14-33-27/h3-14,16-19H,1,15H2,2H3,(H,35,37). The minimum Gasteiger partial charge on any atom is -0.322 e. The Hall–Kier alpha value is -5.10. The summed E-state index contributed by atoms with van der Waals surface area (Å²) in [6.45, 7) is 5.44. The number of fused-ring (bicyclic) bond motifs is 4. The third-order valence-electron chi connectivity index (χ3n) is 6.78. The Morgan fingerprint density at radius 1 is 0.921 bits per heavy atom. The maximum atomic E-state index is 13.3. The third-order valence-corrected chi connectivity index (χ3v) is 6.78. The number of pyridine rings is 3. The SMILES string of the molecule is C=CC(=O)Nc1cc(-n2c(=O)ccc3cnc4ccc(Cc5ccc6ncccc6c5)cc4c32)ccc1C. The second kappa shape index (κ2) is 9.41. The van der Waals surface area contributed by atoms with E-state index in [1.165, 1.54) is 11.6 Å². The summed E-state index contributed by atoms with van der Waals surface area (Å²) in [6.07, 6.45) is 5.55. The molecule has 1 amide bonds. The van der Waals surface area contributed by atoms with Gasteiger partial charge in [-0.05, 0) is 84.6 Å². The Morgan fingerprint density at radius 3 is 2.58 bits per heavy atom. The van der Waals surface area contributed by atoms with Gasteiger partial charge in [-0.25, -0.2) is 0 Å². The Labute approximate surface area is 218 Å². The minimum atomic E-state index is -0.306. The molecule has 3 aromatic carbocycles. The van der Waals surface area contributed by atoms with E-state index < -0.39 is 0 Å². The molecule has 0 radical (unpaired) electrons. The van der Waals surface area contributed by atoms with Crippen LogP contribution in [-0.4, -0.2) is 20.4 Å². The van der Waals surface area contributed by atoms with Crippen molar-refractivity contribution in [2.45, 2.75) is 13.3 Å². The highest BCUT2D eigenvalue weighted by atomic mass is 16.1. The van der Waals surface area contributed by atoms with Gasteiger partial charge in [0.2, 0.25) is 5.91 Å². The van der Waals surface area contributed by atoms with Gasteiger partial charge in [-0.15, -0.1) is 0 Å². The van der Waals surface area contributed by atoms with Gasteiger partial charge < -0.3 is 5.32 Å². The van der Waals surface area contributed by atoms with Crippen molar-refractivity contribution in [3.63, 3.8) is 0 Å². The molecule has 0 spiro atoms. The summed E-state index contributed by atoms with van der Waals surface area (Å²) in [4.78, 5) is 34.3. The number of anilines is 1. The van der Waals surface area contributed by atoms with E-state index in [0.717, 1.165) is 50.3 Å². The molecule has 0 saturated heterocycles. The summed E-state index contributed by atoms with van der Waals surface area (Å²) in [6, 6.07) is 25.4. The van der Waals surface area contributed by atoms with Crippen LogP contribution in [0.15, 0.2) is 109 Å². The first-order valence-corrected chi connectivity index (χ1v) is 12.3. The van der Waals surface area contributed by atoms with Gasteiger partial charge in [0, 0.05) is 40.3 Å². The van der Waals surface area contributed by atoms with Gasteiger partial charge in [0.25, 0.3) is 5.56 Å². The number of carbonyl (C=O) groups is 1. The molecule has 6 heteroatoms. The zero-order valence-corrected chi connectivity index (χ0v) is 20.8. The number of nitrogens with zero attached hydrogens (tertiary/aromatic N) is 3. The molecular formula is C32H24N4O2. The lowest BCUT2D eigenvalue weighted by Crippen LogP contribution is -2.18. The highest BCUT2D eigenvalue weighted by Gasteiger charge is 2.13. The number of carbonyl (C=O) groups excluding carboxylic acids is 1. The molecule has 0 fully saturated rings. The second-order valence-corrected chi connectivity index (χ2v) is 9.32. The largest absolute Gasteiger partial charge is 0.322 e. The molecule has 38 heavy (non-hydrogen) atoms. The van der Waals surface area contributed by atoms with E-state index in [0.29, 0.717) is 11.4 Å². The summed E-state index contributed by atoms with van der Waals surface area (Å²) in [5.41, 5.74) is 6.84. The summed E-state index contributed by atoms with van der Waals surface area (Å²) >= 11 is 0. The van der Waals surface area contributed by atoms with Crippen molar-refractivity contribution < 1.29 is 4.79 Å². The predicted molar refractivity (Wildman–Crippen MR) is 153 cm³/mol. The average Bonchev–Trinajstić information content (AvgIpc) is 2.94. The summed E-state index contributed by atoms with van der Waals surface area (Å²) in [5.74, 6) is -0.306. The quantitative estimate of drug-likeness (QED) is 0.231. The number of aromatic nitrogens is 3. The summed E-state index contributed by atoms with van der Waals surface area (Å²) < 4.78 is 1.69. The first-order chi connectivity index (χ1) is 18.5. The van der Waals surface area contributed by atoms with E-state index in [4.69, 9.17) is 0 Å². The average molecular weight is 497 g/mol. The first-order valence-electron chi connectivity index (χ1n) is 12.3. The van der Waals surface area contributed by atoms with Crippen LogP contribution < -0.4 is 10.9 Å². The molecule has 0 bridgehead atoms. The monoisotopic (exact) mass is 496 g/mol. The van der Waals surface area contributed by atoms with Crippen LogP contribution in [0.4, 0.5) is 5.69 Å². The maximum absolute atomic E-state index is 13.3. The zero-order chi connectivity index (χ0) is 26.2. The Morgan fingerprint density at radius 2 is 1.74 bits per heavy atom. The van der Waals surface area contributed by atoms with Crippen LogP contribution in [0, 0.1) is 6.92 Å². The first kappa shape index (κ1) is 23.3. The smallest absolute Gasteiger partial charge is 0.255 e. The number of hydrogen-bond acceptors (Lipinski definition) is 4. The molecule has 0 aliphatic carbocycles. The topological polar surface area (TPSA) is 76.9 Å². The molecule has 0 saturated carbocycles. The fraction of sp³-hybridized carbons (Fsp3) is 0.0625. The van der Waals surface area contributed by atoms with Gasteiger partial charge in [0.15, 0.2) is 0 Å². The van der Waals surface area contributed by atoms with Gasteiger partial charge in [-0.3, -0.25) is 24.1 Å². The van der Waals surface area contributed by atoms with Crippen LogP contribution in [0.1, 0.15) is 16.7 Å². The van der Waals surface area contributed by atoms with E-state index >= 15 is 0 Å². The Bertz CT molecular complexity index is 1960. The van der Waals surface area contributed by atoms with Crippen LogP contribution in [-0.2, 0) is 11.2 Å². The number of aryl methyl sites for hydroxylation is 1. The van der Waals surface area contributed by atoms with Crippen molar-refractivity contribution in [3.8, 4) is 5.69 Å². The molecule has 1 N–H and O–H groups in total. The molecule has 3 aromatic heterocycles. The molecule has 184 valence electrons. The molecule has 0 atom stereocenters. The highest BCUT2D eigenvalue weighted by Crippen LogP contribution is 2.28. The van der Waals surface area contributed by atoms with Crippen LogP contribution in [0.5, 0.6) is 0 Å². The van der Waals surface area contributed by atoms with Crippen LogP contribution in [0.3, 0.4) is 0 Å². The number of amides is 1. The van der Waals surface area contributed by atoms with Gasteiger partial charge in [-0.2, -0.15) is 0 Å². The fourth-order valence-corrected chi connectivity index (χ4v) is 4.86. The van der Waals surface area contributed by atoms with Crippen molar-refractivity contribution in [1.29, 1.82) is 0 Å². The Kier molecular flexibility index (Phi) is 5.77. The molecule has 3 heterocycles. The zero-order valence-electron chi connectivity index (χ0n) is 20.8. The molecule has 0 aliphatic heterocycles. The summed E-state index contributed by atoms with van der Waals surface area (Å²) in [5, 5.41) is 5.67. The normalized spacial score (nSPS) is 11.2. The van der Waals surface area contributed by atoms with Crippen LogP contribution >= 0.6 is 0 Å². The van der Waals surface area contributed by atoms with Gasteiger partial charge in [0.1, 0.15) is 0 Å². The van der Waals surface area contributed by atoms with Crippen molar-refractivity contribution in [1.82, 2.24) is 14.5 Å². The van der Waals surface area contributed by atoms with Crippen LogP contribution in [0.25, 0.3) is 38.4 Å². The number of benzene rings is 3. The molecule has 6 rings (SSSR count).